The summed E-state index contributed by atoms with van der Waals surface area (Å²) in [6.07, 6.45) is 1.13. The molecule has 2 rings (SSSR count). The number of nitrogen functional groups attached to an aromatic ring is 1. The van der Waals surface area contributed by atoms with Crippen LogP contribution in [0.2, 0.25) is 0 Å². The maximum atomic E-state index is 11.9. The topological polar surface area (TPSA) is 89.3 Å². The van der Waals surface area contributed by atoms with Gasteiger partial charge in [0.15, 0.2) is 0 Å². The molecule has 5 heteroatoms. The molecule has 0 bridgehead atoms. The molecule has 5 nitrogen and oxygen atoms in total. The summed E-state index contributed by atoms with van der Waals surface area (Å²) in [5.41, 5.74) is 7.13. The summed E-state index contributed by atoms with van der Waals surface area (Å²) in [4.78, 5) is 34.5. The van der Waals surface area contributed by atoms with Crippen LogP contribution in [-0.4, -0.2) is 17.6 Å². The molecule has 0 aromatic heterocycles. The molecule has 1 fully saturated rings. The lowest BCUT2D eigenvalue weighted by molar-refractivity contribution is -0.138. The number of Topliss-reactive ketones (excluding diaryl/α,β-unsaturated/α-hetero) is 1. The molecule has 0 spiro atoms. The van der Waals surface area contributed by atoms with Crippen LogP contribution in [-0.2, 0) is 20.8 Å². The molecule has 1 aliphatic heterocycles. The van der Waals surface area contributed by atoms with E-state index >= 15 is 0 Å². The Bertz CT molecular complexity index is 525. The van der Waals surface area contributed by atoms with E-state index in [0.29, 0.717) is 18.5 Å². The Morgan fingerprint density at radius 1 is 1.32 bits per heavy atom. The number of benzene rings is 1. The predicted octanol–water partition coefficient (Wildman–Crippen LogP) is 0.823. The molecule has 0 saturated carbocycles. The maximum absolute atomic E-state index is 11.9. The summed E-state index contributed by atoms with van der Waals surface area (Å²) < 4.78 is 0. The van der Waals surface area contributed by atoms with Crippen LogP contribution in [0.1, 0.15) is 24.8 Å². The lowest BCUT2D eigenvalue weighted by Gasteiger charge is -2.20. The van der Waals surface area contributed by atoms with E-state index in [-0.39, 0.29) is 30.4 Å². The van der Waals surface area contributed by atoms with Crippen LogP contribution in [0.15, 0.2) is 24.3 Å². The highest BCUT2D eigenvalue weighted by Crippen LogP contribution is 2.19. The fourth-order valence-corrected chi connectivity index (χ4v) is 2.19. The van der Waals surface area contributed by atoms with Gasteiger partial charge in [-0.2, -0.15) is 0 Å². The molecule has 1 heterocycles. The minimum Gasteiger partial charge on any atom is -0.398 e. The SMILES string of the molecule is Nc1ccccc1CC(=O)CC1CCC(=O)NC1=O. The van der Waals surface area contributed by atoms with Gasteiger partial charge in [-0.3, -0.25) is 19.7 Å². The van der Waals surface area contributed by atoms with E-state index in [1.165, 1.54) is 0 Å². The zero-order valence-corrected chi connectivity index (χ0v) is 10.5. The summed E-state index contributed by atoms with van der Waals surface area (Å²) in [6.45, 7) is 0. The second kappa shape index (κ2) is 5.65. The highest BCUT2D eigenvalue weighted by atomic mass is 16.2. The van der Waals surface area contributed by atoms with Gasteiger partial charge in [0.25, 0.3) is 0 Å². The minimum atomic E-state index is -0.393. The van der Waals surface area contributed by atoms with Gasteiger partial charge in [-0.15, -0.1) is 0 Å². The zero-order valence-electron chi connectivity index (χ0n) is 10.5. The van der Waals surface area contributed by atoms with Crippen LogP contribution in [0.3, 0.4) is 0 Å². The number of imide groups is 1. The first-order chi connectivity index (χ1) is 9.06. The fraction of sp³-hybridized carbons (Fsp3) is 0.357. The van der Waals surface area contributed by atoms with Gasteiger partial charge in [-0.1, -0.05) is 18.2 Å². The van der Waals surface area contributed by atoms with Gasteiger partial charge in [0.2, 0.25) is 11.8 Å². The number of anilines is 1. The van der Waals surface area contributed by atoms with Crippen LogP contribution in [0, 0.1) is 5.92 Å². The van der Waals surface area contributed by atoms with Crippen molar-refractivity contribution in [3.05, 3.63) is 29.8 Å². The molecule has 1 unspecified atom stereocenters. The summed E-state index contributed by atoms with van der Waals surface area (Å²) in [7, 11) is 0. The van der Waals surface area contributed by atoms with Crippen LogP contribution < -0.4 is 11.1 Å². The number of nitrogens with one attached hydrogen (secondary N) is 1. The van der Waals surface area contributed by atoms with E-state index in [2.05, 4.69) is 5.32 Å². The molecule has 1 saturated heterocycles. The molecule has 3 N–H and O–H groups in total. The van der Waals surface area contributed by atoms with Gasteiger partial charge in [0.05, 0.1) is 0 Å². The van der Waals surface area contributed by atoms with Crippen molar-refractivity contribution in [1.29, 1.82) is 0 Å². The largest absolute Gasteiger partial charge is 0.398 e. The van der Waals surface area contributed by atoms with Crippen molar-refractivity contribution in [3.63, 3.8) is 0 Å². The van der Waals surface area contributed by atoms with E-state index < -0.39 is 5.92 Å². The second-order valence-electron chi connectivity index (χ2n) is 4.77. The number of carbonyl (C=O) groups excluding carboxylic acids is 3. The van der Waals surface area contributed by atoms with Gasteiger partial charge in [0.1, 0.15) is 5.78 Å². The van der Waals surface area contributed by atoms with Gasteiger partial charge in [-0.25, -0.2) is 0 Å². The quantitative estimate of drug-likeness (QED) is 0.619. The van der Waals surface area contributed by atoms with Crippen LogP contribution in [0.4, 0.5) is 5.69 Å². The fourth-order valence-electron chi connectivity index (χ4n) is 2.19. The highest BCUT2D eigenvalue weighted by molar-refractivity contribution is 6.00. The summed E-state index contributed by atoms with van der Waals surface area (Å²) in [6, 6.07) is 7.18. The Labute approximate surface area is 111 Å². The number of nitrogens with two attached hydrogens (primary N) is 1. The molecule has 1 aliphatic rings. The third kappa shape index (κ3) is 3.40. The average molecular weight is 260 g/mol. The minimum absolute atomic E-state index is 0.0348. The first kappa shape index (κ1) is 13.3. The Hall–Kier alpha value is -2.17. The lowest BCUT2D eigenvalue weighted by atomic mass is 9.91. The second-order valence-corrected chi connectivity index (χ2v) is 4.77. The van der Waals surface area contributed by atoms with Crippen LogP contribution >= 0.6 is 0 Å². The molecule has 100 valence electrons. The molecule has 0 aliphatic carbocycles. The number of carbonyl (C=O) groups is 3. The Morgan fingerprint density at radius 3 is 2.74 bits per heavy atom. The normalized spacial score (nSPS) is 19.1. The standard InChI is InChI=1S/C14H16N2O3/c15-12-4-2-1-3-9(12)7-11(17)8-10-5-6-13(18)16-14(10)19/h1-4,10H,5-8,15H2,(H,16,18,19). The summed E-state index contributed by atoms with van der Waals surface area (Å²) in [5.74, 6) is -1.03. The molecule has 1 atom stereocenters. The number of ketones is 1. The Balaban J connectivity index is 1.93. The summed E-state index contributed by atoms with van der Waals surface area (Å²) in [5, 5.41) is 2.26. The van der Waals surface area contributed by atoms with Gasteiger partial charge < -0.3 is 5.73 Å². The molecule has 2 amide bonds. The van der Waals surface area contributed by atoms with Gasteiger partial charge in [-0.05, 0) is 18.1 Å². The van der Waals surface area contributed by atoms with Crippen molar-refractivity contribution in [2.24, 2.45) is 5.92 Å². The Kier molecular flexibility index (Phi) is 3.94. The van der Waals surface area contributed by atoms with E-state index in [1.807, 2.05) is 12.1 Å². The number of hydrogen-bond donors (Lipinski definition) is 2. The third-order valence-corrected chi connectivity index (χ3v) is 3.27. The molecular formula is C14H16N2O3. The van der Waals surface area contributed by atoms with Crippen molar-refractivity contribution >= 4 is 23.3 Å². The third-order valence-electron chi connectivity index (χ3n) is 3.27. The van der Waals surface area contributed by atoms with E-state index in [4.69, 9.17) is 5.73 Å². The predicted molar refractivity (Wildman–Crippen MR) is 70.1 cm³/mol. The lowest BCUT2D eigenvalue weighted by Crippen LogP contribution is -2.41. The molecular weight excluding hydrogens is 244 g/mol. The monoisotopic (exact) mass is 260 g/mol. The van der Waals surface area contributed by atoms with Crippen LogP contribution in [0.25, 0.3) is 0 Å². The zero-order chi connectivity index (χ0) is 13.8. The number of para-hydroxylation sites is 1. The summed E-state index contributed by atoms with van der Waals surface area (Å²) >= 11 is 0. The van der Waals surface area contributed by atoms with E-state index in [0.717, 1.165) is 5.56 Å². The first-order valence-electron chi connectivity index (χ1n) is 6.25. The molecule has 1 aromatic rings. The number of piperidine rings is 1. The van der Waals surface area contributed by atoms with E-state index in [1.54, 1.807) is 12.1 Å². The smallest absolute Gasteiger partial charge is 0.230 e. The van der Waals surface area contributed by atoms with Crippen molar-refractivity contribution in [1.82, 2.24) is 5.32 Å². The highest BCUT2D eigenvalue weighted by Gasteiger charge is 2.28. The van der Waals surface area contributed by atoms with Gasteiger partial charge in [0, 0.05) is 30.9 Å². The number of rotatable bonds is 4. The van der Waals surface area contributed by atoms with Crippen molar-refractivity contribution in [3.8, 4) is 0 Å². The molecule has 19 heavy (non-hydrogen) atoms. The molecule has 1 aromatic carbocycles. The van der Waals surface area contributed by atoms with Crippen LogP contribution in [0.5, 0.6) is 0 Å². The number of hydrogen-bond acceptors (Lipinski definition) is 4. The Morgan fingerprint density at radius 2 is 2.05 bits per heavy atom. The van der Waals surface area contributed by atoms with E-state index in [9.17, 15) is 14.4 Å². The van der Waals surface area contributed by atoms with Crippen molar-refractivity contribution in [2.75, 3.05) is 5.73 Å². The average Bonchev–Trinajstić information content (AvgIpc) is 2.36. The molecule has 0 radical (unpaired) electrons. The van der Waals surface area contributed by atoms with Crippen molar-refractivity contribution in [2.45, 2.75) is 25.7 Å². The number of amides is 2. The maximum Gasteiger partial charge on any atom is 0.230 e. The van der Waals surface area contributed by atoms with Gasteiger partial charge >= 0.3 is 0 Å². The first-order valence-corrected chi connectivity index (χ1v) is 6.25. The van der Waals surface area contributed by atoms with Crippen molar-refractivity contribution < 1.29 is 14.4 Å².